The van der Waals surface area contributed by atoms with Gasteiger partial charge in [-0.1, -0.05) is 50.6 Å². The van der Waals surface area contributed by atoms with E-state index in [1.807, 2.05) is 20.8 Å². The first-order valence-corrected chi connectivity index (χ1v) is 13.1. The topological polar surface area (TPSA) is 87.7 Å². The minimum absolute atomic E-state index is 0.0845. The van der Waals surface area contributed by atoms with E-state index in [1.165, 1.54) is 19.2 Å². The predicted molar refractivity (Wildman–Crippen MR) is 141 cm³/mol. The van der Waals surface area contributed by atoms with Crippen molar-refractivity contribution >= 4 is 23.8 Å². The monoisotopic (exact) mass is 548 g/mol. The Morgan fingerprint density at radius 3 is 2.53 bits per heavy atom. The summed E-state index contributed by atoms with van der Waals surface area (Å²) in [5, 5.41) is 16.8. The molecule has 38 heavy (non-hydrogen) atoms. The molecule has 1 saturated heterocycles. The summed E-state index contributed by atoms with van der Waals surface area (Å²) in [5.74, 6) is -3.44. The average Bonchev–Trinajstić information content (AvgIpc) is 3.12. The number of hydrogen-bond acceptors (Lipinski definition) is 5. The molecule has 2 fully saturated rings. The number of aldehydes is 1. The Morgan fingerprint density at radius 1 is 1.26 bits per heavy atom. The molecule has 0 spiro atoms. The highest BCUT2D eigenvalue weighted by molar-refractivity contribution is 6.30. The molecule has 0 bridgehead atoms. The van der Waals surface area contributed by atoms with E-state index in [0.29, 0.717) is 35.6 Å². The molecule has 1 aliphatic heterocycles. The van der Waals surface area contributed by atoms with Crippen LogP contribution in [0.3, 0.4) is 0 Å². The number of rotatable bonds is 7. The number of ether oxygens (including phenoxy) is 1. The summed E-state index contributed by atoms with van der Waals surface area (Å²) in [4.78, 5) is 27.1. The van der Waals surface area contributed by atoms with Gasteiger partial charge in [-0.25, -0.2) is 8.78 Å². The van der Waals surface area contributed by atoms with Gasteiger partial charge in [0.05, 0.1) is 24.2 Å². The van der Waals surface area contributed by atoms with E-state index in [9.17, 15) is 19.1 Å². The van der Waals surface area contributed by atoms with Crippen LogP contribution in [0.5, 0.6) is 5.75 Å². The smallest absolute Gasteiger partial charge is 0.238 e. The third kappa shape index (κ3) is 5.18. The quantitative estimate of drug-likeness (QED) is 0.438. The van der Waals surface area contributed by atoms with Crippen LogP contribution in [-0.2, 0) is 15.0 Å². The van der Waals surface area contributed by atoms with Crippen molar-refractivity contribution < 1.29 is 28.2 Å². The first kappa shape index (κ1) is 28.5. The van der Waals surface area contributed by atoms with Gasteiger partial charge in [-0.05, 0) is 55.4 Å². The van der Waals surface area contributed by atoms with E-state index < -0.39 is 46.6 Å². The van der Waals surface area contributed by atoms with Crippen molar-refractivity contribution in [3.05, 3.63) is 64.2 Å². The fourth-order valence-electron chi connectivity index (χ4n) is 6.20. The van der Waals surface area contributed by atoms with Crippen LogP contribution in [0.25, 0.3) is 0 Å². The van der Waals surface area contributed by atoms with Crippen LogP contribution in [0.1, 0.15) is 64.0 Å². The van der Waals surface area contributed by atoms with Gasteiger partial charge in [-0.3, -0.25) is 4.79 Å². The van der Waals surface area contributed by atoms with Crippen LogP contribution in [0.2, 0.25) is 5.02 Å². The molecular weight excluding hydrogens is 514 g/mol. The molecule has 3 N–H and O–H groups in total. The number of aliphatic hydroxyl groups is 1. The Labute approximate surface area is 227 Å². The van der Waals surface area contributed by atoms with Crippen LogP contribution in [0.15, 0.2) is 36.4 Å². The molecule has 1 saturated carbocycles. The highest BCUT2D eigenvalue weighted by Crippen LogP contribution is 2.53. The summed E-state index contributed by atoms with van der Waals surface area (Å²) in [6, 6.07) is 6.65. The number of benzene rings is 2. The largest absolute Gasteiger partial charge is 0.496 e. The van der Waals surface area contributed by atoms with Gasteiger partial charge in [0.1, 0.15) is 12.0 Å². The van der Waals surface area contributed by atoms with E-state index in [-0.39, 0.29) is 17.0 Å². The van der Waals surface area contributed by atoms with Gasteiger partial charge in [0.15, 0.2) is 11.6 Å². The molecular formula is C29H35ClF2N2O4. The maximum absolute atomic E-state index is 15.5. The predicted octanol–water partition coefficient (Wildman–Crippen LogP) is 4.65. The molecule has 1 amide bonds. The Morgan fingerprint density at radius 2 is 1.95 bits per heavy atom. The second-order valence-electron chi connectivity index (χ2n) is 12.1. The van der Waals surface area contributed by atoms with Gasteiger partial charge in [-0.15, -0.1) is 0 Å². The van der Waals surface area contributed by atoms with Crippen LogP contribution in [0, 0.1) is 17.0 Å². The van der Waals surface area contributed by atoms with Crippen molar-refractivity contribution in [3.63, 3.8) is 0 Å². The summed E-state index contributed by atoms with van der Waals surface area (Å²) in [6.07, 6.45) is 1.92. The van der Waals surface area contributed by atoms with Crippen LogP contribution >= 0.6 is 11.6 Å². The third-order valence-corrected chi connectivity index (χ3v) is 8.00. The molecule has 4 atom stereocenters. The van der Waals surface area contributed by atoms with Crippen LogP contribution < -0.4 is 15.4 Å². The van der Waals surface area contributed by atoms with Gasteiger partial charge in [0.25, 0.3) is 0 Å². The second kappa shape index (κ2) is 10.2. The number of methoxy groups -OCH3 is 1. The summed E-state index contributed by atoms with van der Waals surface area (Å²) in [6.45, 7) is 7.71. The lowest BCUT2D eigenvalue weighted by Crippen LogP contribution is -2.57. The number of halogens is 3. The lowest BCUT2D eigenvalue weighted by atomic mass is 9.62. The van der Waals surface area contributed by atoms with E-state index in [2.05, 4.69) is 10.6 Å². The van der Waals surface area contributed by atoms with Crippen molar-refractivity contribution in [2.75, 3.05) is 7.11 Å². The van der Waals surface area contributed by atoms with E-state index in [4.69, 9.17) is 16.3 Å². The molecule has 1 heterocycles. The fraction of sp³-hybridized carbons (Fsp3) is 0.517. The third-order valence-electron chi connectivity index (χ3n) is 7.76. The second-order valence-corrected chi connectivity index (χ2v) is 12.5. The fourth-order valence-corrected chi connectivity index (χ4v) is 6.36. The molecule has 6 nitrogen and oxygen atoms in total. The number of carbonyl (C=O) groups excluding carboxylic acids is 2. The van der Waals surface area contributed by atoms with Crippen molar-refractivity contribution in [1.29, 1.82) is 0 Å². The molecule has 206 valence electrons. The number of nitrogens with one attached hydrogen (secondary N) is 2. The lowest BCUT2D eigenvalue weighted by molar-refractivity contribution is -0.127. The van der Waals surface area contributed by atoms with Gasteiger partial charge >= 0.3 is 0 Å². The van der Waals surface area contributed by atoms with Crippen molar-refractivity contribution in [2.24, 2.45) is 5.41 Å². The van der Waals surface area contributed by atoms with E-state index in [1.54, 1.807) is 25.1 Å². The van der Waals surface area contributed by atoms with Gasteiger partial charge < -0.3 is 25.3 Å². The average molecular weight is 549 g/mol. The molecule has 0 aromatic heterocycles. The molecule has 0 unspecified atom stereocenters. The zero-order chi connectivity index (χ0) is 28.0. The van der Waals surface area contributed by atoms with E-state index >= 15 is 4.39 Å². The summed E-state index contributed by atoms with van der Waals surface area (Å²) < 4.78 is 35.7. The minimum atomic E-state index is -1.51. The summed E-state index contributed by atoms with van der Waals surface area (Å²) >= 11 is 6.24. The Bertz CT molecular complexity index is 1220. The highest BCUT2D eigenvalue weighted by Gasteiger charge is 2.61. The first-order valence-electron chi connectivity index (χ1n) is 12.8. The number of carbonyl (C=O) groups is 2. The Hall–Kier alpha value is -2.55. The van der Waals surface area contributed by atoms with Gasteiger partial charge in [-0.2, -0.15) is 0 Å². The van der Waals surface area contributed by atoms with Crippen molar-refractivity contribution in [1.82, 2.24) is 10.6 Å². The first-order chi connectivity index (χ1) is 17.7. The summed E-state index contributed by atoms with van der Waals surface area (Å²) in [7, 11) is 1.44. The van der Waals surface area contributed by atoms with Gasteiger partial charge in [0.2, 0.25) is 5.91 Å². The van der Waals surface area contributed by atoms with Crippen molar-refractivity contribution in [2.45, 2.75) is 82.0 Å². The maximum atomic E-state index is 15.5. The summed E-state index contributed by atoms with van der Waals surface area (Å²) in [5.41, 5.74) is -2.33. The van der Waals surface area contributed by atoms with E-state index in [0.717, 1.165) is 12.4 Å². The molecule has 1 aliphatic carbocycles. The Kier molecular flexibility index (Phi) is 7.64. The molecule has 4 rings (SSSR count). The Balaban J connectivity index is 1.93. The van der Waals surface area contributed by atoms with Crippen LogP contribution in [-0.4, -0.2) is 48.1 Å². The molecule has 0 radical (unpaired) electrons. The molecule has 9 heteroatoms. The normalized spacial score (nSPS) is 31.0. The number of amides is 1. The van der Waals surface area contributed by atoms with Crippen molar-refractivity contribution in [3.8, 4) is 5.75 Å². The highest BCUT2D eigenvalue weighted by atomic mass is 35.5. The molecule has 2 aromatic rings. The maximum Gasteiger partial charge on any atom is 0.238 e. The zero-order valence-corrected chi connectivity index (χ0v) is 23.0. The SMILES string of the molecule is COc1cc(Cl)ccc1[C@]1(C=O)[C@@H](CC(C)(C)C)N[C@@H](C(=O)NC2CC(C)(O)C2)[C@@H]1c1cccc(F)c1F. The van der Waals surface area contributed by atoms with Crippen LogP contribution in [0.4, 0.5) is 8.78 Å². The number of hydrogen-bond donors (Lipinski definition) is 3. The van der Waals surface area contributed by atoms with Gasteiger partial charge in [0, 0.05) is 28.6 Å². The lowest BCUT2D eigenvalue weighted by Gasteiger charge is -2.42. The molecule has 2 aliphatic rings. The molecule has 2 aromatic carbocycles. The minimum Gasteiger partial charge on any atom is -0.496 e. The standard InChI is InChI=1S/C29H35ClF2N2O4/c1-27(2,3)14-22-29(15-35,19-10-9-16(30)11-21(19)38-5)23(18-7-6-8-20(31)24(18)32)25(34-22)26(36)33-17-12-28(4,37)13-17/h6-11,15,17,22-23,25,34,37H,12-14H2,1-5H3,(H,33,36)/t17?,22-,23+,25-,28?,29-/m1/s1. The zero-order valence-electron chi connectivity index (χ0n) is 22.3.